The molecule has 0 aliphatic rings. The van der Waals surface area contributed by atoms with Gasteiger partial charge in [0.2, 0.25) is 0 Å². The molecule has 94 valence electrons. The molecule has 0 heterocycles. The fourth-order valence-electron chi connectivity index (χ4n) is 1.62. The molecule has 0 radical (unpaired) electrons. The molecule has 2 aromatic rings. The molecule has 2 aromatic carbocycles. The van der Waals surface area contributed by atoms with Gasteiger partial charge in [0.25, 0.3) is 0 Å². The largest absolute Gasteiger partial charge is 0.504 e. The third-order valence-electron chi connectivity index (χ3n) is 2.75. The van der Waals surface area contributed by atoms with Crippen LogP contribution in [0.4, 0.5) is 5.69 Å². The summed E-state index contributed by atoms with van der Waals surface area (Å²) in [5.41, 5.74) is 2.90. The van der Waals surface area contributed by atoms with Gasteiger partial charge in [-0.05, 0) is 53.3 Å². The summed E-state index contributed by atoms with van der Waals surface area (Å²) in [6.45, 7) is 2.53. The van der Waals surface area contributed by atoms with Crippen LogP contribution >= 0.6 is 22.6 Å². The predicted molar refractivity (Wildman–Crippen MR) is 81.0 cm³/mol. The number of phenols is 2. The number of aromatic hydroxyl groups is 2. The zero-order valence-electron chi connectivity index (χ0n) is 9.94. The van der Waals surface area contributed by atoms with E-state index in [1.165, 1.54) is 15.2 Å². The number of anilines is 1. The highest BCUT2D eigenvalue weighted by molar-refractivity contribution is 14.1. The first kappa shape index (κ1) is 13.0. The van der Waals surface area contributed by atoms with Gasteiger partial charge in [-0.25, -0.2) is 0 Å². The standard InChI is InChI=1S/C14H14INO2/c1-9-5-6-11(7-12(9)15)16-8-10-3-2-4-13(17)14(10)18/h2-7,16-18H,8H2,1H3. The summed E-state index contributed by atoms with van der Waals surface area (Å²) in [6, 6.07) is 11.1. The molecule has 0 spiro atoms. The van der Waals surface area contributed by atoms with Gasteiger partial charge < -0.3 is 15.5 Å². The van der Waals surface area contributed by atoms with Crippen LogP contribution in [0.25, 0.3) is 0 Å². The zero-order chi connectivity index (χ0) is 13.1. The molecule has 0 aliphatic heterocycles. The number of benzene rings is 2. The maximum Gasteiger partial charge on any atom is 0.162 e. The van der Waals surface area contributed by atoms with Crippen LogP contribution < -0.4 is 5.32 Å². The van der Waals surface area contributed by atoms with Gasteiger partial charge in [0, 0.05) is 21.4 Å². The molecular weight excluding hydrogens is 341 g/mol. The first-order valence-electron chi connectivity index (χ1n) is 5.58. The van der Waals surface area contributed by atoms with Crippen LogP contribution in [-0.4, -0.2) is 10.2 Å². The summed E-state index contributed by atoms with van der Waals surface area (Å²) in [4.78, 5) is 0. The Morgan fingerprint density at radius 3 is 2.67 bits per heavy atom. The number of hydrogen-bond donors (Lipinski definition) is 3. The van der Waals surface area contributed by atoms with Crippen LogP contribution in [0, 0.1) is 10.5 Å². The van der Waals surface area contributed by atoms with E-state index in [4.69, 9.17) is 0 Å². The molecule has 3 N–H and O–H groups in total. The number of rotatable bonds is 3. The fraction of sp³-hybridized carbons (Fsp3) is 0.143. The van der Waals surface area contributed by atoms with Crippen molar-refractivity contribution in [2.75, 3.05) is 5.32 Å². The summed E-state index contributed by atoms with van der Waals surface area (Å²) in [6.07, 6.45) is 0. The van der Waals surface area contributed by atoms with Crippen molar-refractivity contribution in [1.82, 2.24) is 0 Å². The molecule has 0 fully saturated rings. The van der Waals surface area contributed by atoms with E-state index in [-0.39, 0.29) is 11.5 Å². The van der Waals surface area contributed by atoms with Gasteiger partial charge in [0.15, 0.2) is 11.5 Å². The quantitative estimate of drug-likeness (QED) is 0.582. The molecule has 0 saturated carbocycles. The highest BCUT2D eigenvalue weighted by Crippen LogP contribution is 2.28. The van der Waals surface area contributed by atoms with E-state index >= 15 is 0 Å². The topological polar surface area (TPSA) is 52.5 Å². The monoisotopic (exact) mass is 355 g/mol. The van der Waals surface area contributed by atoms with E-state index in [2.05, 4.69) is 40.9 Å². The molecule has 0 bridgehead atoms. The number of para-hydroxylation sites is 1. The molecule has 0 unspecified atom stereocenters. The van der Waals surface area contributed by atoms with Crippen LogP contribution in [0.5, 0.6) is 11.5 Å². The number of halogens is 1. The van der Waals surface area contributed by atoms with Gasteiger partial charge >= 0.3 is 0 Å². The molecular formula is C14H14INO2. The Labute approximate surface area is 120 Å². The summed E-state index contributed by atoms with van der Waals surface area (Å²) in [5, 5.41) is 22.3. The number of phenolic OH excluding ortho intramolecular Hbond substituents is 2. The molecule has 0 atom stereocenters. The summed E-state index contributed by atoms with van der Waals surface area (Å²) in [5.74, 6) is -0.153. The Balaban J connectivity index is 2.11. The second-order valence-electron chi connectivity index (χ2n) is 4.10. The van der Waals surface area contributed by atoms with Crippen molar-refractivity contribution in [3.63, 3.8) is 0 Å². The summed E-state index contributed by atoms with van der Waals surface area (Å²) in [7, 11) is 0. The molecule has 0 aliphatic carbocycles. The third-order valence-corrected chi connectivity index (χ3v) is 3.92. The molecule has 2 rings (SSSR count). The molecule has 4 heteroatoms. The van der Waals surface area contributed by atoms with Gasteiger partial charge in [-0.1, -0.05) is 18.2 Å². The van der Waals surface area contributed by atoms with E-state index in [1.54, 1.807) is 12.1 Å². The molecule has 0 saturated heterocycles. The summed E-state index contributed by atoms with van der Waals surface area (Å²) >= 11 is 2.29. The van der Waals surface area contributed by atoms with Crippen molar-refractivity contribution in [2.45, 2.75) is 13.5 Å². The highest BCUT2D eigenvalue weighted by Gasteiger charge is 2.05. The Hall–Kier alpha value is -1.43. The highest BCUT2D eigenvalue weighted by atomic mass is 127. The number of hydrogen-bond acceptors (Lipinski definition) is 3. The van der Waals surface area contributed by atoms with Crippen molar-refractivity contribution in [3.8, 4) is 11.5 Å². The van der Waals surface area contributed by atoms with Crippen molar-refractivity contribution in [3.05, 3.63) is 51.1 Å². The Bertz CT molecular complexity index is 570. The maximum atomic E-state index is 9.68. The lowest BCUT2D eigenvalue weighted by atomic mass is 10.1. The van der Waals surface area contributed by atoms with Gasteiger partial charge in [0.05, 0.1) is 0 Å². The van der Waals surface area contributed by atoms with Crippen LogP contribution in [0.2, 0.25) is 0 Å². The lowest BCUT2D eigenvalue weighted by Crippen LogP contribution is -2.00. The van der Waals surface area contributed by atoms with Gasteiger partial charge in [-0.15, -0.1) is 0 Å². The van der Waals surface area contributed by atoms with Crippen molar-refractivity contribution < 1.29 is 10.2 Å². The average molecular weight is 355 g/mol. The molecule has 18 heavy (non-hydrogen) atoms. The predicted octanol–water partition coefficient (Wildman–Crippen LogP) is 3.62. The van der Waals surface area contributed by atoms with Crippen molar-refractivity contribution in [2.24, 2.45) is 0 Å². The lowest BCUT2D eigenvalue weighted by Gasteiger charge is -2.10. The van der Waals surface area contributed by atoms with Crippen LogP contribution in [0.3, 0.4) is 0 Å². The first-order chi connectivity index (χ1) is 8.58. The van der Waals surface area contributed by atoms with Crippen molar-refractivity contribution in [1.29, 1.82) is 0 Å². The Kier molecular flexibility index (Phi) is 3.96. The third kappa shape index (κ3) is 2.87. The number of aryl methyl sites for hydroxylation is 1. The second-order valence-corrected chi connectivity index (χ2v) is 5.26. The van der Waals surface area contributed by atoms with Gasteiger partial charge in [-0.3, -0.25) is 0 Å². The van der Waals surface area contributed by atoms with Gasteiger partial charge in [0.1, 0.15) is 0 Å². The minimum Gasteiger partial charge on any atom is -0.504 e. The van der Waals surface area contributed by atoms with Gasteiger partial charge in [-0.2, -0.15) is 0 Å². The van der Waals surface area contributed by atoms with E-state index in [9.17, 15) is 10.2 Å². The van der Waals surface area contributed by atoms with Crippen LogP contribution in [-0.2, 0) is 6.54 Å². The normalized spacial score (nSPS) is 10.3. The fourth-order valence-corrected chi connectivity index (χ4v) is 2.14. The second kappa shape index (κ2) is 5.48. The first-order valence-corrected chi connectivity index (χ1v) is 6.65. The Morgan fingerprint density at radius 2 is 1.94 bits per heavy atom. The van der Waals surface area contributed by atoms with Crippen molar-refractivity contribution >= 4 is 28.3 Å². The smallest absolute Gasteiger partial charge is 0.162 e. The minimum atomic E-state index is -0.0900. The van der Waals surface area contributed by atoms with E-state index in [1.807, 2.05) is 12.1 Å². The van der Waals surface area contributed by atoms with E-state index in [0.29, 0.717) is 12.1 Å². The zero-order valence-corrected chi connectivity index (χ0v) is 12.1. The molecule has 0 aromatic heterocycles. The van der Waals surface area contributed by atoms with Crippen LogP contribution in [0.15, 0.2) is 36.4 Å². The Morgan fingerprint density at radius 1 is 1.17 bits per heavy atom. The summed E-state index contributed by atoms with van der Waals surface area (Å²) < 4.78 is 1.19. The molecule has 3 nitrogen and oxygen atoms in total. The SMILES string of the molecule is Cc1ccc(NCc2cccc(O)c2O)cc1I. The lowest BCUT2D eigenvalue weighted by molar-refractivity contribution is 0.400. The maximum absolute atomic E-state index is 9.68. The number of nitrogens with one attached hydrogen (secondary N) is 1. The average Bonchev–Trinajstić information content (AvgIpc) is 2.35. The van der Waals surface area contributed by atoms with E-state index < -0.39 is 0 Å². The van der Waals surface area contributed by atoms with E-state index in [0.717, 1.165) is 5.69 Å². The molecule has 0 amide bonds. The van der Waals surface area contributed by atoms with Crippen LogP contribution in [0.1, 0.15) is 11.1 Å². The minimum absolute atomic E-state index is 0.0631.